The average Bonchev–Trinajstić information content (AvgIpc) is 3.09. The Balaban J connectivity index is 1.69. The molecule has 1 aromatic carbocycles. The molecule has 0 saturated heterocycles. The van der Waals surface area contributed by atoms with Crippen LogP contribution in [0.2, 0.25) is 0 Å². The first kappa shape index (κ1) is 12.2. The van der Waals surface area contributed by atoms with E-state index in [1.54, 1.807) is 6.07 Å². The normalized spacial score (nSPS) is 24.0. The predicted octanol–water partition coefficient (Wildman–Crippen LogP) is 3.98. The molecule has 2 heteroatoms. The number of halogens is 1. The molecule has 0 spiro atoms. The maximum absolute atomic E-state index is 13.7. The lowest BCUT2D eigenvalue weighted by Gasteiger charge is -2.22. The first-order chi connectivity index (χ1) is 8.78. The third kappa shape index (κ3) is 2.44. The van der Waals surface area contributed by atoms with Crippen LogP contribution in [0, 0.1) is 11.7 Å². The quantitative estimate of drug-likeness (QED) is 0.830. The monoisotopic (exact) mass is 247 g/mol. The highest BCUT2D eigenvalue weighted by Crippen LogP contribution is 2.37. The Morgan fingerprint density at radius 3 is 2.89 bits per heavy atom. The molecule has 1 nitrogen and oxygen atoms in total. The van der Waals surface area contributed by atoms with Crippen molar-refractivity contribution in [2.75, 3.05) is 0 Å². The van der Waals surface area contributed by atoms with Gasteiger partial charge in [-0.2, -0.15) is 0 Å². The first-order valence-electron chi connectivity index (χ1n) is 7.31. The molecular formula is C16H22FN. The Morgan fingerprint density at radius 2 is 2.17 bits per heavy atom. The van der Waals surface area contributed by atoms with Crippen molar-refractivity contribution in [2.24, 2.45) is 5.92 Å². The highest BCUT2D eigenvalue weighted by atomic mass is 19.1. The van der Waals surface area contributed by atoms with Crippen LogP contribution in [-0.4, -0.2) is 6.04 Å². The molecular weight excluding hydrogens is 225 g/mol. The van der Waals surface area contributed by atoms with Gasteiger partial charge in [0.1, 0.15) is 5.82 Å². The van der Waals surface area contributed by atoms with Gasteiger partial charge in [-0.1, -0.05) is 31.9 Å². The van der Waals surface area contributed by atoms with Crippen molar-refractivity contribution >= 4 is 0 Å². The minimum absolute atomic E-state index is 0.0213. The smallest absolute Gasteiger partial charge is 0.126 e. The summed E-state index contributed by atoms with van der Waals surface area (Å²) in [5.74, 6) is 0.933. The molecule has 2 unspecified atom stereocenters. The van der Waals surface area contributed by atoms with E-state index < -0.39 is 0 Å². The molecule has 1 fully saturated rings. The molecule has 0 aliphatic heterocycles. The number of hydrogen-bond donors (Lipinski definition) is 1. The van der Waals surface area contributed by atoms with Gasteiger partial charge in [-0.25, -0.2) is 4.39 Å². The molecule has 2 aliphatic carbocycles. The van der Waals surface area contributed by atoms with Crippen LogP contribution in [0.5, 0.6) is 0 Å². The van der Waals surface area contributed by atoms with E-state index in [0.717, 1.165) is 24.3 Å². The number of nitrogens with one attached hydrogen (secondary N) is 1. The molecule has 18 heavy (non-hydrogen) atoms. The highest BCUT2D eigenvalue weighted by molar-refractivity contribution is 5.35. The van der Waals surface area contributed by atoms with Crippen molar-refractivity contribution in [3.05, 3.63) is 35.1 Å². The maximum Gasteiger partial charge on any atom is 0.126 e. The van der Waals surface area contributed by atoms with E-state index in [-0.39, 0.29) is 5.82 Å². The van der Waals surface area contributed by atoms with Gasteiger partial charge in [-0.3, -0.25) is 0 Å². The second kappa shape index (κ2) is 5.00. The summed E-state index contributed by atoms with van der Waals surface area (Å²) in [5, 5.41) is 3.75. The lowest BCUT2D eigenvalue weighted by molar-refractivity contribution is 0.388. The highest BCUT2D eigenvalue weighted by Gasteiger charge is 2.29. The summed E-state index contributed by atoms with van der Waals surface area (Å²) >= 11 is 0. The molecule has 2 aliphatic rings. The summed E-state index contributed by atoms with van der Waals surface area (Å²) in [6.07, 6.45) is 7.24. The average molecular weight is 247 g/mol. The van der Waals surface area contributed by atoms with Gasteiger partial charge in [0.15, 0.2) is 0 Å². The standard InChI is InChI=1S/C16H22FN/c1-2-12(10-11-6-7-11)18-16-9-8-13-14(16)4-3-5-15(13)17/h3-5,11-12,16,18H,2,6-10H2,1H3. The first-order valence-corrected chi connectivity index (χ1v) is 7.31. The summed E-state index contributed by atoms with van der Waals surface area (Å²) in [5.41, 5.74) is 2.14. The molecule has 0 heterocycles. The zero-order chi connectivity index (χ0) is 12.5. The second-order valence-corrected chi connectivity index (χ2v) is 5.85. The Morgan fingerprint density at radius 1 is 1.33 bits per heavy atom. The molecule has 0 amide bonds. The summed E-state index contributed by atoms with van der Waals surface area (Å²) in [6.45, 7) is 2.25. The molecule has 98 valence electrons. The minimum atomic E-state index is -0.0213. The third-order valence-corrected chi connectivity index (χ3v) is 4.46. The van der Waals surface area contributed by atoms with Crippen molar-refractivity contribution in [1.29, 1.82) is 0 Å². The van der Waals surface area contributed by atoms with E-state index in [1.165, 1.54) is 31.2 Å². The second-order valence-electron chi connectivity index (χ2n) is 5.85. The largest absolute Gasteiger partial charge is 0.307 e. The van der Waals surface area contributed by atoms with Crippen molar-refractivity contribution < 1.29 is 4.39 Å². The SMILES string of the molecule is CCC(CC1CC1)NC1CCc2c(F)cccc21. The molecule has 1 N–H and O–H groups in total. The fourth-order valence-electron chi connectivity index (χ4n) is 3.18. The van der Waals surface area contributed by atoms with Gasteiger partial charge in [0.25, 0.3) is 0 Å². The van der Waals surface area contributed by atoms with Crippen LogP contribution < -0.4 is 5.32 Å². The zero-order valence-corrected chi connectivity index (χ0v) is 11.1. The van der Waals surface area contributed by atoms with Crippen LogP contribution in [0.3, 0.4) is 0 Å². The number of fused-ring (bicyclic) bond motifs is 1. The van der Waals surface area contributed by atoms with Crippen LogP contribution >= 0.6 is 0 Å². The Kier molecular flexibility index (Phi) is 3.38. The van der Waals surface area contributed by atoms with Crippen LogP contribution in [0.1, 0.15) is 56.2 Å². The van der Waals surface area contributed by atoms with Gasteiger partial charge in [0.05, 0.1) is 0 Å². The molecule has 0 aromatic heterocycles. The van der Waals surface area contributed by atoms with Gasteiger partial charge < -0.3 is 5.32 Å². The van der Waals surface area contributed by atoms with Crippen LogP contribution in [-0.2, 0) is 6.42 Å². The Bertz CT molecular complexity index is 425. The number of benzene rings is 1. The summed E-state index contributed by atoms with van der Waals surface area (Å²) < 4.78 is 13.7. The minimum Gasteiger partial charge on any atom is -0.307 e. The molecule has 3 rings (SSSR count). The van der Waals surface area contributed by atoms with E-state index in [9.17, 15) is 4.39 Å². The fourth-order valence-corrected chi connectivity index (χ4v) is 3.18. The molecule has 0 radical (unpaired) electrons. The topological polar surface area (TPSA) is 12.0 Å². The molecule has 1 saturated carbocycles. The van der Waals surface area contributed by atoms with Gasteiger partial charge in [0.2, 0.25) is 0 Å². The maximum atomic E-state index is 13.7. The van der Waals surface area contributed by atoms with Crippen LogP contribution in [0.4, 0.5) is 4.39 Å². The van der Waals surface area contributed by atoms with E-state index in [1.807, 2.05) is 6.07 Å². The summed E-state index contributed by atoms with van der Waals surface area (Å²) in [4.78, 5) is 0. The van der Waals surface area contributed by atoms with E-state index in [2.05, 4.69) is 18.3 Å². The lowest BCUT2D eigenvalue weighted by Crippen LogP contribution is -2.31. The van der Waals surface area contributed by atoms with E-state index in [4.69, 9.17) is 0 Å². The van der Waals surface area contributed by atoms with E-state index in [0.29, 0.717) is 12.1 Å². The summed E-state index contributed by atoms with van der Waals surface area (Å²) in [7, 11) is 0. The molecule has 0 bridgehead atoms. The Hall–Kier alpha value is -0.890. The van der Waals surface area contributed by atoms with Gasteiger partial charge in [-0.05, 0) is 48.8 Å². The fraction of sp³-hybridized carbons (Fsp3) is 0.625. The zero-order valence-electron chi connectivity index (χ0n) is 11.1. The van der Waals surface area contributed by atoms with Crippen LogP contribution in [0.15, 0.2) is 18.2 Å². The number of hydrogen-bond acceptors (Lipinski definition) is 1. The van der Waals surface area contributed by atoms with Gasteiger partial charge in [0, 0.05) is 12.1 Å². The summed E-state index contributed by atoms with van der Waals surface area (Å²) in [6, 6.07) is 6.50. The molecule has 2 atom stereocenters. The van der Waals surface area contributed by atoms with Gasteiger partial charge in [-0.15, -0.1) is 0 Å². The van der Waals surface area contributed by atoms with Crippen molar-refractivity contribution in [1.82, 2.24) is 5.32 Å². The van der Waals surface area contributed by atoms with Gasteiger partial charge >= 0.3 is 0 Å². The lowest BCUT2D eigenvalue weighted by atomic mass is 10.0. The van der Waals surface area contributed by atoms with E-state index >= 15 is 0 Å². The van der Waals surface area contributed by atoms with Crippen LogP contribution in [0.25, 0.3) is 0 Å². The molecule has 1 aromatic rings. The van der Waals surface area contributed by atoms with Crippen molar-refractivity contribution in [3.8, 4) is 0 Å². The number of rotatable bonds is 5. The Labute approximate surface area is 109 Å². The third-order valence-electron chi connectivity index (χ3n) is 4.46. The van der Waals surface area contributed by atoms with Crippen molar-refractivity contribution in [3.63, 3.8) is 0 Å². The predicted molar refractivity (Wildman–Crippen MR) is 72.0 cm³/mol. The van der Waals surface area contributed by atoms with Crippen molar-refractivity contribution in [2.45, 2.75) is 57.5 Å².